The third kappa shape index (κ3) is 12.1. The van der Waals surface area contributed by atoms with E-state index in [0.29, 0.717) is 12.0 Å². The van der Waals surface area contributed by atoms with Crippen LogP contribution in [0.3, 0.4) is 0 Å². The first-order valence-electron chi connectivity index (χ1n) is 16.0. The van der Waals surface area contributed by atoms with Gasteiger partial charge in [0.15, 0.2) is 6.10 Å². The zero-order valence-corrected chi connectivity index (χ0v) is 28.0. The van der Waals surface area contributed by atoms with Gasteiger partial charge >= 0.3 is 5.97 Å². The fourth-order valence-corrected chi connectivity index (χ4v) is 5.00. The highest BCUT2D eigenvalue weighted by atomic mass is 16.4. The van der Waals surface area contributed by atoms with Crippen LogP contribution in [0.15, 0.2) is 60.7 Å². The molecule has 0 aliphatic carbocycles. The molecule has 0 spiro atoms. The lowest BCUT2D eigenvalue weighted by Crippen LogP contribution is -2.57. The van der Waals surface area contributed by atoms with Crippen LogP contribution < -0.4 is 21.3 Å². The summed E-state index contributed by atoms with van der Waals surface area (Å²) in [5.74, 6) is -5.01. The van der Waals surface area contributed by atoms with Gasteiger partial charge in [0.25, 0.3) is 5.91 Å². The summed E-state index contributed by atoms with van der Waals surface area (Å²) < 4.78 is 0. The first-order chi connectivity index (χ1) is 22.2. The molecule has 2 rings (SSSR count). The highest BCUT2D eigenvalue weighted by Crippen LogP contribution is 2.16. The number of carbonyl (C=O) groups excluding carboxylic acids is 4. The van der Waals surface area contributed by atoms with Gasteiger partial charge in [0.05, 0.1) is 18.6 Å². The molecule has 12 heteroatoms. The average Bonchev–Trinajstić information content (AvgIpc) is 3.03. The molecule has 2 unspecified atom stereocenters. The second-order valence-corrected chi connectivity index (χ2v) is 12.6. The normalized spacial score (nSPS) is 15.8. The monoisotopic (exact) mass is 654 g/mol. The largest absolute Gasteiger partial charge is 0.480 e. The number of carboxylic acids is 1. The Kier molecular flexibility index (Phi) is 15.5. The van der Waals surface area contributed by atoms with Gasteiger partial charge in [0, 0.05) is 0 Å². The van der Waals surface area contributed by atoms with Crippen molar-refractivity contribution in [2.75, 3.05) is 0 Å². The number of aliphatic carboxylic acids is 1. The molecule has 4 amide bonds. The number of carbonyl (C=O) groups is 5. The molecule has 0 heterocycles. The van der Waals surface area contributed by atoms with E-state index in [2.05, 4.69) is 21.3 Å². The molecule has 0 aromatic heterocycles. The van der Waals surface area contributed by atoms with Crippen molar-refractivity contribution < 1.29 is 39.3 Å². The highest BCUT2D eigenvalue weighted by Gasteiger charge is 2.34. The van der Waals surface area contributed by atoms with Crippen LogP contribution in [0, 0.1) is 17.8 Å². The van der Waals surface area contributed by atoms with Crippen molar-refractivity contribution in [3.05, 3.63) is 71.8 Å². The number of hydrogen-bond acceptors (Lipinski definition) is 7. The lowest BCUT2D eigenvalue weighted by Gasteiger charge is -2.30. The maximum absolute atomic E-state index is 13.6. The van der Waals surface area contributed by atoms with Crippen molar-refractivity contribution in [2.24, 2.45) is 17.8 Å². The molecule has 2 aromatic carbocycles. The Bertz CT molecular complexity index is 1320. The van der Waals surface area contributed by atoms with Gasteiger partial charge in [0.1, 0.15) is 18.1 Å². The van der Waals surface area contributed by atoms with Gasteiger partial charge in [-0.15, -0.1) is 0 Å². The van der Waals surface area contributed by atoms with Gasteiger partial charge in [-0.2, -0.15) is 0 Å². The van der Waals surface area contributed by atoms with E-state index in [4.69, 9.17) is 0 Å². The maximum atomic E-state index is 13.6. The Morgan fingerprint density at radius 2 is 1.17 bits per heavy atom. The molecule has 7 atom stereocenters. The second kappa shape index (κ2) is 18.8. The molecular formula is C35H50N4O8. The number of aliphatic hydroxyl groups excluding tert-OH is 2. The topological polar surface area (TPSA) is 194 Å². The van der Waals surface area contributed by atoms with Crippen LogP contribution in [-0.2, 0) is 30.4 Å². The van der Waals surface area contributed by atoms with Crippen LogP contribution in [0.5, 0.6) is 0 Å². The molecular weight excluding hydrogens is 604 g/mol. The van der Waals surface area contributed by atoms with E-state index >= 15 is 0 Å². The summed E-state index contributed by atoms with van der Waals surface area (Å²) >= 11 is 0. The summed E-state index contributed by atoms with van der Waals surface area (Å²) in [5.41, 5.74) is 1.13. The molecule has 12 nitrogen and oxygen atoms in total. The lowest BCUT2D eigenvalue weighted by molar-refractivity contribution is -0.143. The molecule has 0 bridgehead atoms. The number of amides is 4. The van der Waals surface area contributed by atoms with Crippen LogP contribution in [-0.4, -0.2) is 75.2 Å². The van der Waals surface area contributed by atoms with Crippen molar-refractivity contribution in [3.8, 4) is 0 Å². The van der Waals surface area contributed by atoms with Crippen molar-refractivity contribution in [1.82, 2.24) is 21.3 Å². The Hall–Kier alpha value is -4.29. The maximum Gasteiger partial charge on any atom is 0.326 e. The van der Waals surface area contributed by atoms with Gasteiger partial charge in [0.2, 0.25) is 17.7 Å². The number of rotatable bonds is 18. The molecule has 2 aromatic rings. The standard InChI is InChI=1S/C35H50N4O8/c1-7-22(6)30(33(44)39-29(21(4)5)35(46)47)37-27(41)19-26(40)25(18-23-14-10-8-11-15-23)36-32(43)28(20(2)3)38-34(45)31(42)24-16-12-9-13-17-24/h8-17,20-22,25-26,28-31,40,42H,7,18-19H2,1-6H3,(H,36,43)(H,37,41)(H,38,45)(H,39,44)(H,46,47)/t22-,25-,26-,28?,29?,30-,31-/m0/s1. The zero-order chi connectivity index (χ0) is 35.3. The first-order valence-corrected chi connectivity index (χ1v) is 16.0. The van der Waals surface area contributed by atoms with Crippen molar-refractivity contribution in [1.29, 1.82) is 0 Å². The number of benzene rings is 2. The summed E-state index contributed by atoms with van der Waals surface area (Å²) in [6.45, 7) is 10.4. The average molecular weight is 655 g/mol. The van der Waals surface area contributed by atoms with E-state index in [9.17, 15) is 39.3 Å². The van der Waals surface area contributed by atoms with E-state index in [1.54, 1.807) is 89.2 Å². The zero-order valence-electron chi connectivity index (χ0n) is 28.0. The van der Waals surface area contributed by atoms with E-state index in [0.717, 1.165) is 5.56 Å². The van der Waals surface area contributed by atoms with Crippen LogP contribution in [0.1, 0.15) is 71.6 Å². The van der Waals surface area contributed by atoms with E-state index in [1.165, 1.54) is 0 Å². The van der Waals surface area contributed by atoms with Crippen LogP contribution in [0.25, 0.3) is 0 Å². The van der Waals surface area contributed by atoms with Gasteiger partial charge in [-0.3, -0.25) is 19.2 Å². The van der Waals surface area contributed by atoms with Crippen LogP contribution in [0.4, 0.5) is 0 Å². The minimum Gasteiger partial charge on any atom is -0.480 e. The number of aliphatic hydroxyl groups is 2. The molecule has 47 heavy (non-hydrogen) atoms. The lowest BCUT2D eigenvalue weighted by atomic mass is 9.95. The van der Waals surface area contributed by atoms with Crippen molar-refractivity contribution in [2.45, 2.75) is 97.2 Å². The predicted molar refractivity (Wildman–Crippen MR) is 177 cm³/mol. The SMILES string of the molecule is CC[C@H](C)[C@H](NC(=O)C[C@H](O)[C@H](Cc1ccccc1)NC(=O)C(NC(=O)[C@@H](O)c1ccccc1)C(C)C)C(=O)NC(C(=O)O)C(C)C. The van der Waals surface area contributed by atoms with Crippen LogP contribution >= 0.6 is 0 Å². The molecule has 258 valence electrons. The fraction of sp³-hybridized carbons (Fsp3) is 0.514. The Balaban J connectivity index is 2.23. The van der Waals surface area contributed by atoms with Gasteiger partial charge in [-0.05, 0) is 35.3 Å². The molecule has 7 N–H and O–H groups in total. The smallest absolute Gasteiger partial charge is 0.326 e. The molecule has 0 saturated carbocycles. The third-order valence-electron chi connectivity index (χ3n) is 8.14. The summed E-state index contributed by atoms with van der Waals surface area (Å²) in [4.78, 5) is 64.4. The molecule has 0 aliphatic rings. The van der Waals surface area contributed by atoms with Crippen molar-refractivity contribution in [3.63, 3.8) is 0 Å². The van der Waals surface area contributed by atoms with Crippen molar-refractivity contribution >= 4 is 29.6 Å². The Labute approximate surface area is 276 Å². The fourth-order valence-electron chi connectivity index (χ4n) is 5.00. The second-order valence-electron chi connectivity index (χ2n) is 12.6. The number of nitrogens with one attached hydrogen (secondary N) is 4. The summed E-state index contributed by atoms with van der Waals surface area (Å²) in [6.07, 6.45) is -2.72. The third-order valence-corrected chi connectivity index (χ3v) is 8.14. The molecule has 0 aliphatic heterocycles. The summed E-state index contributed by atoms with van der Waals surface area (Å²) in [7, 11) is 0. The van der Waals surface area contributed by atoms with E-state index in [-0.39, 0.29) is 12.3 Å². The quantitative estimate of drug-likeness (QED) is 0.127. The minimum atomic E-state index is -1.50. The summed E-state index contributed by atoms with van der Waals surface area (Å²) in [5, 5.41) is 41.9. The van der Waals surface area contributed by atoms with E-state index < -0.39 is 84.2 Å². The number of hydrogen-bond donors (Lipinski definition) is 7. The highest BCUT2D eigenvalue weighted by molar-refractivity contribution is 5.91. The Morgan fingerprint density at radius 1 is 0.660 bits per heavy atom. The molecule has 0 radical (unpaired) electrons. The van der Waals surface area contributed by atoms with Crippen LogP contribution in [0.2, 0.25) is 0 Å². The first kappa shape index (κ1) is 38.9. The Morgan fingerprint density at radius 3 is 1.68 bits per heavy atom. The number of carboxylic acid groups (broad SMARTS) is 1. The van der Waals surface area contributed by atoms with Gasteiger partial charge < -0.3 is 36.6 Å². The predicted octanol–water partition coefficient (Wildman–Crippen LogP) is 2.10. The van der Waals surface area contributed by atoms with E-state index in [1.807, 2.05) is 13.0 Å². The summed E-state index contributed by atoms with van der Waals surface area (Å²) in [6, 6.07) is 13.1. The minimum absolute atomic E-state index is 0.149. The molecule has 0 saturated heterocycles. The van der Waals surface area contributed by atoms with Gasteiger partial charge in [-0.25, -0.2) is 4.79 Å². The molecule has 0 fully saturated rings. The van der Waals surface area contributed by atoms with Gasteiger partial charge in [-0.1, -0.05) is 109 Å².